The summed E-state index contributed by atoms with van der Waals surface area (Å²) in [5.41, 5.74) is 0.922. The lowest BCUT2D eigenvalue weighted by Gasteiger charge is -2.17. The molecule has 0 bridgehead atoms. The zero-order chi connectivity index (χ0) is 11.5. The largest absolute Gasteiger partial charge is 0.497 e. The number of hydrogen-bond donors (Lipinski definition) is 0. The third-order valence-corrected chi connectivity index (χ3v) is 2.71. The number of methoxy groups -OCH3 is 1. The van der Waals surface area contributed by atoms with Crippen molar-refractivity contribution in [1.82, 2.24) is 0 Å². The molecule has 1 aromatic rings. The van der Waals surface area contributed by atoms with Crippen LogP contribution >= 0.6 is 0 Å². The van der Waals surface area contributed by atoms with Gasteiger partial charge in [0.1, 0.15) is 11.7 Å². The van der Waals surface area contributed by atoms with Gasteiger partial charge in [0.05, 0.1) is 19.7 Å². The van der Waals surface area contributed by atoms with Crippen LogP contribution < -0.4 is 9.64 Å². The van der Waals surface area contributed by atoms with Crippen molar-refractivity contribution in [2.24, 2.45) is 5.92 Å². The summed E-state index contributed by atoms with van der Waals surface area (Å²) in [7, 11) is 1.60. The molecule has 4 heteroatoms. The summed E-state index contributed by atoms with van der Waals surface area (Å²) in [6.45, 7) is 0.786. The molecule has 4 nitrogen and oxygen atoms in total. The molecule has 0 spiro atoms. The maximum absolute atomic E-state index is 11.4. The van der Waals surface area contributed by atoms with Gasteiger partial charge in [0.15, 0.2) is 5.78 Å². The standard InChI is InChI=1S/C12H12N2O2/c1-16-11-4-2-3-10(5-11)14-7-9(6-13)12(15)8-14/h2-5,9H,7-8H2,1H3/t9-/m0/s1. The van der Waals surface area contributed by atoms with Gasteiger partial charge in [-0.25, -0.2) is 0 Å². The Hall–Kier alpha value is -2.02. The first kappa shape index (κ1) is 10.5. The summed E-state index contributed by atoms with van der Waals surface area (Å²) in [5, 5.41) is 8.78. The van der Waals surface area contributed by atoms with E-state index in [1.807, 2.05) is 35.2 Å². The lowest BCUT2D eigenvalue weighted by Crippen LogP contribution is -2.19. The molecule has 0 saturated carbocycles. The van der Waals surface area contributed by atoms with E-state index >= 15 is 0 Å². The van der Waals surface area contributed by atoms with Crippen LogP contribution in [0.3, 0.4) is 0 Å². The van der Waals surface area contributed by atoms with E-state index in [2.05, 4.69) is 0 Å². The number of Topliss-reactive ketones (excluding diaryl/α,β-unsaturated/α-hetero) is 1. The van der Waals surface area contributed by atoms with Crippen molar-refractivity contribution in [3.8, 4) is 11.8 Å². The number of ether oxygens (including phenoxy) is 1. The van der Waals surface area contributed by atoms with Gasteiger partial charge in [0.25, 0.3) is 0 Å². The summed E-state index contributed by atoms with van der Waals surface area (Å²) >= 11 is 0. The molecule has 0 aliphatic carbocycles. The van der Waals surface area contributed by atoms with Crippen LogP contribution in [0.4, 0.5) is 5.69 Å². The third kappa shape index (κ3) is 1.84. The molecule has 2 rings (SSSR count). The quantitative estimate of drug-likeness (QED) is 0.746. The molecular formula is C12H12N2O2. The van der Waals surface area contributed by atoms with Crippen LogP contribution in [0.25, 0.3) is 0 Å². The Balaban J connectivity index is 2.20. The first-order valence-electron chi connectivity index (χ1n) is 5.06. The van der Waals surface area contributed by atoms with Crippen LogP contribution in [0.1, 0.15) is 0 Å². The minimum atomic E-state index is -0.494. The van der Waals surface area contributed by atoms with Crippen molar-refractivity contribution in [3.63, 3.8) is 0 Å². The second-order valence-corrected chi connectivity index (χ2v) is 3.73. The van der Waals surface area contributed by atoms with E-state index in [4.69, 9.17) is 10.00 Å². The SMILES string of the molecule is COc1cccc(N2CC(=O)[C@@H](C#N)C2)c1. The lowest BCUT2D eigenvalue weighted by atomic mass is 10.1. The molecule has 0 radical (unpaired) electrons. The number of nitrogens with zero attached hydrogens (tertiary/aromatic N) is 2. The Morgan fingerprint density at radius 1 is 1.56 bits per heavy atom. The molecular weight excluding hydrogens is 204 g/mol. The Kier molecular flexibility index (Phi) is 2.78. The van der Waals surface area contributed by atoms with Crippen LogP contribution in [0.5, 0.6) is 5.75 Å². The van der Waals surface area contributed by atoms with Crippen molar-refractivity contribution >= 4 is 11.5 Å². The fraction of sp³-hybridized carbons (Fsp3) is 0.333. The molecule has 1 fully saturated rings. The van der Waals surface area contributed by atoms with E-state index in [9.17, 15) is 4.79 Å². The highest BCUT2D eigenvalue weighted by atomic mass is 16.5. The second kappa shape index (κ2) is 4.23. The minimum absolute atomic E-state index is 0.00896. The van der Waals surface area contributed by atoms with Crippen LogP contribution in [0.2, 0.25) is 0 Å². The van der Waals surface area contributed by atoms with Gasteiger partial charge in [-0.3, -0.25) is 4.79 Å². The Bertz CT molecular complexity index is 451. The highest BCUT2D eigenvalue weighted by Gasteiger charge is 2.30. The number of anilines is 1. The average molecular weight is 216 g/mol. The van der Waals surface area contributed by atoms with Gasteiger partial charge in [-0.2, -0.15) is 5.26 Å². The number of nitriles is 1. The molecule has 0 amide bonds. The van der Waals surface area contributed by atoms with Crippen LogP contribution in [0.15, 0.2) is 24.3 Å². The van der Waals surface area contributed by atoms with Crippen molar-refractivity contribution in [1.29, 1.82) is 5.26 Å². The minimum Gasteiger partial charge on any atom is -0.497 e. The number of hydrogen-bond acceptors (Lipinski definition) is 4. The Labute approximate surface area is 94.0 Å². The predicted octanol–water partition coefficient (Wildman–Crippen LogP) is 1.22. The molecule has 82 valence electrons. The molecule has 0 unspecified atom stereocenters. The molecule has 1 heterocycles. The molecule has 1 aliphatic heterocycles. The Morgan fingerprint density at radius 2 is 2.38 bits per heavy atom. The van der Waals surface area contributed by atoms with E-state index in [0.29, 0.717) is 13.1 Å². The second-order valence-electron chi connectivity index (χ2n) is 3.73. The van der Waals surface area contributed by atoms with Gasteiger partial charge < -0.3 is 9.64 Å². The fourth-order valence-corrected chi connectivity index (χ4v) is 1.80. The smallest absolute Gasteiger partial charge is 0.170 e. The zero-order valence-corrected chi connectivity index (χ0v) is 9.01. The van der Waals surface area contributed by atoms with Crippen molar-refractivity contribution in [3.05, 3.63) is 24.3 Å². The van der Waals surface area contributed by atoms with E-state index in [-0.39, 0.29) is 5.78 Å². The molecule has 1 atom stereocenters. The number of carbonyl (C=O) groups is 1. The molecule has 0 N–H and O–H groups in total. The van der Waals surface area contributed by atoms with Gasteiger partial charge >= 0.3 is 0 Å². The van der Waals surface area contributed by atoms with Crippen LogP contribution in [0, 0.1) is 17.2 Å². The number of benzene rings is 1. The summed E-state index contributed by atoms with van der Waals surface area (Å²) in [4.78, 5) is 13.3. The molecule has 1 aromatic carbocycles. The van der Waals surface area contributed by atoms with E-state index in [0.717, 1.165) is 11.4 Å². The van der Waals surface area contributed by atoms with E-state index in [1.54, 1.807) is 7.11 Å². The van der Waals surface area contributed by atoms with Crippen molar-refractivity contribution < 1.29 is 9.53 Å². The summed E-state index contributed by atoms with van der Waals surface area (Å²) in [6, 6.07) is 9.52. The highest BCUT2D eigenvalue weighted by molar-refractivity contribution is 5.91. The number of carbonyl (C=O) groups excluding carboxylic acids is 1. The van der Waals surface area contributed by atoms with E-state index in [1.165, 1.54) is 0 Å². The van der Waals surface area contributed by atoms with Crippen LogP contribution in [-0.4, -0.2) is 26.0 Å². The average Bonchev–Trinajstić information content (AvgIpc) is 2.71. The molecule has 0 aromatic heterocycles. The molecule has 1 saturated heterocycles. The third-order valence-electron chi connectivity index (χ3n) is 2.71. The summed E-state index contributed by atoms with van der Waals surface area (Å²) in [6.07, 6.45) is 0. The fourth-order valence-electron chi connectivity index (χ4n) is 1.80. The lowest BCUT2D eigenvalue weighted by molar-refractivity contribution is -0.118. The van der Waals surface area contributed by atoms with E-state index < -0.39 is 5.92 Å². The maximum Gasteiger partial charge on any atom is 0.170 e. The predicted molar refractivity (Wildman–Crippen MR) is 59.3 cm³/mol. The number of ketones is 1. The van der Waals surface area contributed by atoms with Gasteiger partial charge in [0.2, 0.25) is 0 Å². The van der Waals surface area contributed by atoms with Crippen molar-refractivity contribution in [2.75, 3.05) is 25.1 Å². The molecule has 1 aliphatic rings. The number of rotatable bonds is 2. The van der Waals surface area contributed by atoms with Crippen LogP contribution in [-0.2, 0) is 4.79 Å². The van der Waals surface area contributed by atoms with Gasteiger partial charge in [-0.1, -0.05) is 6.07 Å². The molecule has 16 heavy (non-hydrogen) atoms. The summed E-state index contributed by atoms with van der Waals surface area (Å²) in [5.74, 6) is 0.252. The van der Waals surface area contributed by atoms with Gasteiger partial charge in [-0.05, 0) is 12.1 Å². The maximum atomic E-state index is 11.4. The summed E-state index contributed by atoms with van der Waals surface area (Å²) < 4.78 is 5.12. The first-order valence-corrected chi connectivity index (χ1v) is 5.06. The normalized spacial score (nSPS) is 19.6. The van der Waals surface area contributed by atoms with Crippen molar-refractivity contribution in [2.45, 2.75) is 0 Å². The monoisotopic (exact) mass is 216 g/mol. The zero-order valence-electron chi connectivity index (χ0n) is 9.01. The highest BCUT2D eigenvalue weighted by Crippen LogP contribution is 2.25. The Morgan fingerprint density at radius 3 is 3.00 bits per heavy atom. The topological polar surface area (TPSA) is 53.3 Å². The first-order chi connectivity index (χ1) is 7.74. The van der Waals surface area contributed by atoms with Gasteiger partial charge in [0, 0.05) is 18.3 Å². The van der Waals surface area contributed by atoms with Gasteiger partial charge in [-0.15, -0.1) is 0 Å².